The Morgan fingerprint density at radius 3 is 2.40 bits per heavy atom. The summed E-state index contributed by atoms with van der Waals surface area (Å²) in [6.45, 7) is 9.16. The van der Waals surface area contributed by atoms with Gasteiger partial charge in [-0.3, -0.25) is 4.79 Å². The number of benzene rings is 1. The summed E-state index contributed by atoms with van der Waals surface area (Å²) >= 11 is 0. The molecule has 3 rings (SSSR count). The topological polar surface area (TPSA) is 82.6 Å². The number of rotatable bonds is 11. The minimum atomic E-state index is -3.68. The number of sulfonamides is 1. The van der Waals surface area contributed by atoms with Gasteiger partial charge in [-0.1, -0.05) is 0 Å². The van der Waals surface area contributed by atoms with Crippen LogP contribution in [0.25, 0.3) is 0 Å². The molecular formula is C25H42N4O5S. The summed E-state index contributed by atoms with van der Waals surface area (Å²) < 4.78 is 38.3. The van der Waals surface area contributed by atoms with E-state index >= 15 is 0 Å². The number of hydrogen-bond donors (Lipinski definition) is 0. The number of ether oxygens (including phenoxy) is 2. The van der Waals surface area contributed by atoms with E-state index in [2.05, 4.69) is 16.8 Å². The minimum absolute atomic E-state index is 0.0467. The predicted molar refractivity (Wildman–Crippen MR) is 136 cm³/mol. The van der Waals surface area contributed by atoms with Crippen molar-refractivity contribution in [1.82, 2.24) is 19.0 Å². The zero-order valence-corrected chi connectivity index (χ0v) is 22.9. The Morgan fingerprint density at radius 2 is 1.80 bits per heavy atom. The molecule has 198 valence electrons. The van der Waals surface area contributed by atoms with E-state index < -0.39 is 10.0 Å². The summed E-state index contributed by atoms with van der Waals surface area (Å²) in [5.74, 6) is 1.29. The molecule has 0 saturated carbocycles. The molecule has 9 nitrogen and oxygen atoms in total. The highest BCUT2D eigenvalue weighted by atomic mass is 32.2. The van der Waals surface area contributed by atoms with Crippen molar-refractivity contribution < 1.29 is 22.7 Å². The third-order valence-corrected chi connectivity index (χ3v) is 9.47. The predicted octanol–water partition coefficient (Wildman–Crippen LogP) is 1.43. The molecule has 2 atom stereocenters. The van der Waals surface area contributed by atoms with Crippen molar-refractivity contribution in [3.05, 3.63) is 23.3 Å². The van der Waals surface area contributed by atoms with Crippen molar-refractivity contribution in [3.63, 3.8) is 0 Å². The van der Waals surface area contributed by atoms with Gasteiger partial charge in [-0.05, 0) is 69.5 Å². The molecule has 2 fully saturated rings. The Hall–Kier alpha value is -1.72. The second-order valence-corrected chi connectivity index (χ2v) is 12.1. The van der Waals surface area contributed by atoms with Crippen LogP contribution >= 0.6 is 0 Å². The largest absolute Gasteiger partial charge is 0.497 e. The molecular weight excluding hydrogens is 468 g/mol. The number of aryl methyl sites for hydroxylation is 2. The molecule has 1 aromatic rings. The first-order valence-electron chi connectivity index (χ1n) is 12.4. The van der Waals surface area contributed by atoms with Crippen molar-refractivity contribution >= 4 is 15.9 Å². The minimum Gasteiger partial charge on any atom is -0.497 e. The van der Waals surface area contributed by atoms with E-state index in [1.807, 2.05) is 7.05 Å². The van der Waals surface area contributed by atoms with E-state index in [4.69, 9.17) is 9.47 Å². The van der Waals surface area contributed by atoms with Crippen LogP contribution < -0.4 is 4.74 Å². The molecule has 2 aliphatic rings. The van der Waals surface area contributed by atoms with Crippen LogP contribution in [0.5, 0.6) is 5.75 Å². The van der Waals surface area contributed by atoms with Crippen LogP contribution in [0.1, 0.15) is 24.0 Å². The molecule has 1 unspecified atom stereocenters. The summed E-state index contributed by atoms with van der Waals surface area (Å²) in [4.78, 5) is 19.6. The number of amides is 1. The maximum absolute atomic E-state index is 13.1. The lowest BCUT2D eigenvalue weighted by atomic mass is 10.1. The maximum Gasteiger partial charge on any atom is 0.248 e. The molecule has 0 N–H and O–H groups in total. The Bertz CT molecular complexity index is 963. The van der Waals surface area contributed by atoms with Gasteiger partial charge >= 0.3 is 0 Å². The van der Waals surface area contributed by atoms with E-state index in [0.29, 0.717) is 16.9 Å². The van der Waals surface area contributed by atoms with E-state index in [1.165, 1.54) is 24.3 Å². The highest BCUT2D eigenvalue weighted by Crippen LogP contribution is 2.27. The van der Waals surface area contributed by atoms with Crippen LogP contribution in [0.3, 0.4) is 0 Å². The number of likely N-dealkylation sites (tertiary alicyclic amines) is 2. The monoisotopic (exact) mass is 510 g/mol. The first kappa shape index (κ1) is 27.9. The Kier molecular flexibility index (Phi) is 9.56. The lowest BCUT2D eigenvalue weighted by Crippen LogP contribution is -2.41. The molecule has 0 bridgehead atoms. The molecule has 2 aliphatic heterocycles. The summed E-state index contributed by atoms with van der Waals surface area (Å²) in [5.41, 5.74) is 1.27. The fraction of sp³-hybridized carbons (Fsp3) is 0.720. The number of carbonyl (C=O) groups is 1. The Labute approximate surface area is 211 Å². The molecule has 0 aliphatic carbocycles. The van der Waals surface area contributed by atoms with E-state index in [0.717, 1.165) is 38.5 Å². The van der Waals surface area contributed by atoms with Crippen LogP contribution in [-0.4, -0.2) is 120 Å². The van der Waals surface area contributed by atoms with Gasteiger partial charge in [0.15, 0.2) is 0 Å². The number of likely N-dealkylation sites (N-methyl/N-ethyl adjacent to an activating group) is 2. The van der Waals surface area contributed by atoms with Gasteiger partial charge in [-0.25, -0.2) is 8.42 Å². The van der Waals surface area contributed by atoms with Crippen molar-refractivity contribution in [3.8, 4) is 5.75 Å². The van der Waals surface area contributed by atoms with Gasteiger partial charge in [0.2, 0.25) is 15.9 Å². The molecule has 10 heteroatoms. The highest BCUT2D eigenvalue weighted by Gasteiger charge is 2.31. The van der Waals surface area contributed by atoms with Crippen LogP contribution in [0.2, 0.25) is 0 Å². The molecule has 0 radical (unpaired) electrons. The fourth-order valence-electron chi connectivity index (χ4n) is 5.20. The third kappa shape index (κ3) is 6.95. The summed E-state index contributed by atoms with van der Waals surface area (Å²) in [6, 6.07) is 3.64. The first-order chi connectivity index (χ1) is 16.5. The first-order valence-corrected chi connectivity index (χ1v) is 13.8. The number of hydrogen-bond acceptors (Lipinski definition) is 7. The Morgan fingerprint density at radius 1 is 1.11 bits per heavy atom. The smallest absolute Gasteiger partial charge is 0.248 e. The van der Waals surface area contributed by atoms with Crippen molar-refractivity contribution in [2.45, 2.75) is 37.6 Å². The van der Waals surface area contributed by atoms with Gasteiger partial charge < -0.3 is 24.2 Å². The number of nitrogens with zero attached hydrogens (tertiary/aromatic N) is 4. The standard InChI is InChI=1S/C25H42N4O5S/c1-19-13-23(33-6)14-20(2)25(19)35(31,32)27(4)11-12-34-18-24(30)28(5)22-8-10-29(17-22)16-21-7-9-26(3)15-21/h13-14,21-22H,7-12,15-18H2,1-6H3/t21?,22-/m1/s1. The van der Waals surface area contributed by atoms with Gasteiger partial charge in [0, 0.05) is 52.9 Å². The normalized spacial score (nSPS) is 21.7. The quantitative estimate of drug-likeness (QED) is 0.417. The lowest BCUT2D eigenvalue weighted by Gasteiger charge is -2.26. The average molecular weight is 511 g/mol. The second-order valence-electron chi connectivity index (χ2n) is 10.1. The molecule has 1 aromatic carbocycles. The van der Waals surface area contributed by atoms with Gasteiger partial charge in [0.05, 0.1) is 18.6 Å². The molecule has 0 spiro atoms. The second kappa shape index (κ2) is 12.0. The molecule has 2 saturated heterocycles. The van der Waals surface area contributed by atoms with E-state index in [1.54, 1.807) is 38.0 Å². The van der Waals surface area contributed by atoms with Crippen LogP contribution in [0.15, 0.2) is 17.0 Å². The molecule has 1 amide bonds. The summed E-state index contributed by atoms with van der Waals surface area (Å²) in [5, 5.41) is 0. The Balaban J connectivity index is 1.42. The van der Waals surface area contributed by atoms with Crippen molar-refractivity contribution in [2.24, 2.45) is 5.92 Å². The van der Waals surface area contributed by atoms with Gasteiger partial charge in [0.1, 0.15) is 12.4 Å². The molecule has 2 heterocycles. The molecule has 35 heavy (non-hydrogen) atoms. The number of methoxy groups -OCH3 is 1. The third-order valence-electron chi connectivity index (χ3n) is 7.31. The van der Waals surface area contributed by atoms with Crippen LogP contribution in [0, 0.1) is 19.8 Å². The van der Waals surface area contributed by atoms with Gasteiger partial charge in [0.25, 0.3) is 0 Å². The highest BCUT2D eigenvalue weighted by molar-refractivity contribution is 7.89. The van der Waals surface area contributed by atoms with Crippen molar-refractivity contribution in [2.75, 3.05) is 80.7 Å². The van der Waals surface area contributed by atoms with Gasteiger partial charge in [-0.15, -0.1) is 0 Å². The van der Waals surface area contributed by atoms with Crippen molar-refractivity contribution in [1.29, 1.82) is 0 Å². The van der Waals surface area contributed by atoms with Gasteiger partial charge in [-0.2, -0.15) is 4.31 Å². The SMILES string of the molecule is COc1cc(C)c(S(=O)(=O)N(C)CCOCC(=O)N(C)[C@@H]2CCN(CC3CCN(C)C3)C2)c(C)c1. The maximum atomic E-state index is 13.1. The zero-order valence-electron chi connectivity index (χ0n) is 22.1. The summed E-state index contributed by atoms with van der Waals surface area (Å²) in [6.07, 6.45) is 2.23. The van der Waals surface area contributed by atoms with Crippen LogP contribution in [-0.2, 0) is 19.6 Å². The average Bonchev–Trinajstić information content (AvgIpc) is 3.43. The number of carbonyl (C=O) groups excluding carboxylic acids is 1. The van der Waals surface area contributed by atoms with E-state index in [-0.39, 0.29) is 36.6 Å². The zero-order chi connectivity index (χ0) is 25.8. The van der Waals surface area contributed by atoms with E-state index in [9.17, 15) is 13.2 Å². The lowest BCUT2D eigenvalue weighted by molar-refractivity contribution is -0.136. The van der Waals surface area contributed by atoms with Crippen LogP contribution in [0.4, 0.5) is 0 Å². The fourth-order valence-corrected chi connectivity index (χ4v) is 6.76. The summed E-state index contributed by atoms with van der Waals surface area (Å²) in [7, 11) is 3.43. The molecule has 0 aromatic heterocycles.